The molecule has 0 bridgehead atoms. The molecular weight excluding hydrogens is 456 g/mol. The number of carbonyl (C=O) groups is 1. The van der Waals surface area contributed by atoms with Crippen molar-refractivity contribution >= 4 is 31.8 Å². The monoisotopic (exact) mass is 488 g/mol. The number of anilines is 1. The highest BCUT2D eigenvalue weighted by Gasteiger charge is 2.34. The van der Waals surface area contributed by atoms with Gasteiger partial charge in [0.05, 0.1) is 13.0 Å². The summed E-state index contributed by atoms with van der Waals surface area (Å²) in [7, 11) is -3.04. The summed E-state index contributed by atoms with van der Waals surface area (Å²) >= 11 is 0. The molecule has 0 spiro atoms. The minimum atomic E-state index is -3.76. The highest BCUT2D eigenvalue weighted by molar-refractivity contribution is 7.89. The number of hydrogen-bond donors (Lipinski definition) is 1. The SMILES string of the molecule is COc1ccc(NC(=O)C2CCCN(S(=O)(=O)N(C)C)C2)cc1S(=O)(=O)N1CCCCC1. The van der Waals surface area contributed by atoms with Crippen LogP contribution in [0.1, 0.15) is 32.1 Å². The first-order chi connectivity index (χ1) is 15.1. The molecule has 2 aliphatic rings. The molecule has 180 valence electrons. The van der Waals surface area contributed by atoms with Gasteiger partial charge in [0.2, 0.25) is 15.9 Å². The van der Waals surface area contributed by atoms with Gasteiger partial charge in [0.25, 0.3) is 10.2 Å². The van der Waals surface area contributed by atoms with E-state index in [0.717, 1.165) is 23.6 Å². The van der Waals surface area contributed by atoms with Crippen LogP contribution in [0.2, 0.25) is 0 Å². The number of benzene rings is 1. The molecule has 0 aliphatic carbocycles. The smallest absolute Gasteiger partial charge is 0.281 e. The topological polar surface area (TPSA) is 116 Å². The molecule has 0 saturated carbocycles. The van der Waals surface area contributed by atoms with Gasteiger partial charge >= 0.3 is 0 Å². The predicted molar refractivity (Wildman–Crippen MR) is 121 cm³/mol. The summed E-state index contributed by atoms with van der Waals surface area (Å²) in [5.74, 6) is -0.646. The van der Waals surface area contributed by atoms with Crippen molar-refractivity contribution < 1.29 is 26.4 Å². The second-order valence-corrected chi connectivity index (χ2v) is 12.4. The van der Waals surface area contributed by atoms with E-state index in [1.807, 2.05) is 0 Å². The van der Waals surface area contributed by atoms with E-state index in [0.29, 0.717) is 38.2 Å². The maximum Gasteiger partial charge on any atom is 0.281 e. The van der Waals surface area contributed by atoms with Gasteiger partial charge in [0.15, 0.2) is 0 Å². The van der Waals surface area contributed by atoms with E-state index < -0.39 is 26.2 Å². The largest absolute Gasteiger partial charge is 0.495 e. The van der Waals surface area contributed by atoms with Crippen LogP contribution in [0, 0.1) is 5.92 Å². The van der Waals surface area contributed by atoms with Gasteiger partial charge in [-0.2, -0.15) is 21.3 Å². The van der Waals surface area contributed by atoms with Crippen LogP contribution in [0.25, 0.3) is 0 Å². The zero-order valence-electron chi connectivity index (χ0n) is 18.8. The van der Waals surface area contributed by atoms with Crippen LogP contribution in [0.5, 0.6) is 5.75 Å². The highest BCUT2D eigenvalue weighted by Crippen LogP contribution is 2.31. The number of rotatable bonds is 7. The summed E-state index contributed by atoms with van der Waals surface area (Å²) in [6.45, 7) is 1.37. The number of hydrogen-bond acceptors (Lipinski definition) is 6. The average Bonchev–Trinajstić information content (AvgIpc) is 2.79. The third-order valence-electron chi connectivity index (χ3n) is 5.91. The minimum absolute atomic E-state index is 0.0140. The normalized spacial score (nSPS) is 21.4. The van der Waals surface area contributed by atoms with Crippen molar-refractivity contribution in [2.45, 2.75) is 37.0 Å². The van der Waals surface area contributed by atoms with Gasteiger partial charge in [0, 0.05) is 46.0 Å². The molecule has 1 N–H and O–H groups in total. The van der Waals surface area contributed by atoms with Gasteiger partial charge in [-0.25, -0.2) is 8.42 Å². The molecule has 3 rings (SSSR count). The van der Waals surface area contributed by atoms with E-state index in [4.69, 9.17) is 4.74 Å². The predicted octanol–water partition coefficient (Wildman–Crippen LogP) is 1.33. The van der Waals surface area contributed by atoms with Crippen molar-refractivity contribution in [3.05, 3.63) is 18.2 Å². The van der Waals surface area contributed by atoms with Crippen LogP contribution in [0.3, 0.4) is 0 Å². The standard InChI is InChI=1S/C20H32N4O6S2/c1-22(2)32(28,29)24-13-7-8-16(15-24)20(25)21-17-9-10-18(30-3)19(14-17)31(26,27)23-11-5-4-6-12-23/h9-10,14,16H,4-8,11-13,15H2,1-3H3,(H,21,25). The first-order valence-corrected chi connectivity index (χ1v) is 13.6. The molecule has 1 atom stereocenters. The lowest BCUT2D eigenvalue weighted by Gasteiger charge is -2.32. The van der Waals surface area contributed by atoms with Crippen molar-refractivity contribution in [1.29, 1.82) is 0 Å². The summed E-state index contributed by atoms with van der Waals surface area (Å²) in [6.07, 6.45) is 3.75. The third kappa shape index (κ3) is 5.25. The lowest BCUT2D eigenvalue weighted by atomic mass is 9.99. The molecule has 0 radical (unpaired) electrons. The fourth-order valence-corrected chi connectivity index (χ4v) is 6.93. The Morgan fingerprint density at radius 3 is 2.31 bits per heavy atom. The van der Waals surface area contributed by atoms with Gasteiger partial charge in [-0.3, -0.25) is 4.79 Å². The Morgan fingerprint density at radius 2 is 1.69 bits per heavy atom. The van der Waals surface area contributed by atoms with Gasteiger partial charge < -0.3 is 10.1 Å². The van der Waals surface area contributed by atoms with Crippen molar-refractivity contribution in [2.75, 3.05) is 52.7 Å². The molecule has 12 heteroatoms. The van der Waals surface area contributed by atoms with Crippen LogP contribution < -0.4 is 10.1 Å². The van der Waals surface area contributed by atoms with E-state index in [1.165, 1.54) is 41.9 Å². The number of sulfonamides is 1. The summed E-state index contributed by atoms with van der Waals surface area (Å²) < 4.78 is 60.4. The first-order valence-electron chi connectivity index (χ1n) is 10.7. The molecule has 1 amide bonds. The minimum Gasteiger partial charge on any atom is -0.495 e. The molecule has 2 heterocycles. The van der Waals surface area contributed by atoms with Crippen LogP contribution in [0.4, 0.5) is 5.69 Å². The second kappa shape index (κ2) is 10.0. The lowest BCUT2D eigenvalue weighted by molar-refractivity contribution is -0.120. The Kier molecular flexibility index (Phi) is 7.81. The Balaban J connectivity index is 1.79. The molecule has 1 aromatic carbocycles. The van der Waals surface area contributed by atoms with Crippen LogP contribution in [-0.4, -0.2) is 83.0 Å². The van der Waals surface area contributed by atoms with Crippen LogP contribution in [0.15, 0.2) is 23.1 Å². The number of amides is 1. The van der Waals surface area contributed by atoms with Crippen LogP contribution in [-0.2, 0) is 25.0 Å². The van der Waals surface area contributed by atoms with Crippen molar-refractivity contribution in [1.82, 2.24) is 12.9 Å². The fourth-order valence-electron chi connectivity index (χ4n) is 4.04. The Labute approximate surface area is 190 Å². The molecule has 32 heavy (non-hydrogen) atoms. The zero-order chi connectivity index (χ0) is 23.5. The van der Waals surface area contributed by atoms with E-state index in [9.17, 15) is 21.6 Å². The van der Waals surface area contributed by atoms with Crippen molar-refractivity contribution in [3.63, 3.8) is 0 Å². The Hall–Kier alpha value is -1.73. The van der Waals surface area contributed by atoms with E-state index in [1.54, 1.807) is 6.07 Å². The van der Waals surface area contributed by atoms with Gasteiger partial charge in [-0.1, -0.05) is 6.42 Å². The fraction of sp³-hybridized carbons (Fsp3) is 0.650. The maximum absolute atomic E-state index is 13.2. The summed E-state index contributed by atoms with van der Waals surface area (Å²) in [5.41, 5.74) is 0.332. The molecule has 2 fully saturated rings. The maximum atomic E-state index is 13.2. The number of ether oxygens (including phenoxy) is 1. The third-order valence-corrected chi connectivity index (χ3v) is 9.73. The number of nitrogens with one attached hydrogen (secondary N) is 1. The first kappa shape index (κ1) is 24.9. The average molecular weight is 489 g/mol. The van der Waals surface area contributed by atoms with E-state index in [-0.39, 0.29) is 23.1 Å². The number of carbonyl (C=O) groups excluding carboxylic acids is 1. The lowest BCUT2D eigenvalue weighted by Crippen LogP contribution is -2.47. The quantitative estimate of drug-likeness (QED) is 0.619. The molecular formula is C20H32N4O6S2. The van der Waals surface area contributed by atoms with E-state index >= 15 is 0 Å². The molecule has 1 aromatic rings. The van der Waals surface area contributed by atoms with Gasteiger partial charge in [-0.15, -0.1) is 0 Å². The summed E-state index contributed by atoms with van der Waals surface area (Å²) in [5, 5.41) is 2.77. The highest BCUT2D eigenvalue weighted by atomic mass is 32.2. The van der Waals surface area contributed by atoms with E-state index in [2.05, 4.69) is 5.32 Å². The zero-order valence-corrected chi connectivity index (χ0v) is 20.4. The van der Waals surface area contributed by atoms with Gasteiger partial charge in [-0.05, 0) is 43.9 Å². The molecule has 2 aliphatic heterocycles. The van der Waals surface area contributed by atoms with Crippen molar-refractivity contribution in [2.24, 2.45) is 5.92 Å². The number of nitrogens with zero attached hydrogens (tertiary/aromatic N) is 3. The Bertz CT molecular complexity index is 1040. The number of methoxy groups -OCH3 is 1. The second-order valence-electron chi connectivity index (χ2n) is 8.31. The molecule has 0 aromatic heterocycles. The van der Waals surface area contributed by atoms with Crippen molar-refractivity contribution in [3.8, 4) is 5.75 Å². The number of piperidine rings is 2. The Morgan fingerprint density at radius 1 is 1.03 bits per heavy atom. The molecule has 10 nitrogen and oxygen atoms in total. The molecule has 2 saturated heterocycles. The summed E-state index contributed by atoms with van der Waals surface area (Å²) in [4.78, 5) is 12.9. The van der Waals surface area contributed by atoms with Gasteiger partial charge in [0.1, 0.15) is 10.6 Å². The molecule has 1 unspecified atom stereocenters. The van der Waals surface area contributed by atoms with Crippen LogP contribution >= 0.6 is 0 Å². The summed E-state index contributed by atoms with van der Waals surface area (Å²) in [6, 6.07) is 4.52.